The maximum absolute atomic E-state index is 12.8. The summed E-state index contributed by atoms with van der Waals surface area (Å²) in [4.78, 5) is 17.3. The van der Waals surface area contributed by atoms with Crippen molar-refractivity contribution in [1.29, 1.82) is 0 Å². The van der Waals surface area contributed by atoms with E-state index in [4.69, 9.17) is 16.0 Å². The van der Waals surface area contributed by atoms with Gasteiger partial charge in [0.25, 0.3) is 5.91 Å². The number of amides is 1. The van der Waals surface area contributed by atoms with Crippen molar-refractivity contribution >= 4 is 45.2 Å². The third kappa shape index (κ3) is 2.96. The van der Waals surface area contributed by atoms with E-state index in [1.54, 1.807) is 12.1 Å². The van der Waals surface area contributed by atoms with Gasteiger partial charge in [0.1, 0.15) is 0 Å². The SMILES string of the molecule is O=C(Nc1cccc2c1CCCC2)c1cc2cc3ccc(Cl)cc3nc2o1. The zero-order valence-electron chi connectivity index (χ0n) is 14.6. The second-order valence-electron chi connectivity index (χ2n) is 6.93. The molecule has 1 aliphatic rings. The summed E-state index contributed by atoms with van der Waals surface area (Å²) < 4.78 is 5.73. The number of carbonyl (C=O) groups is 1. The molecule has 1 amide bonds. The normalized spacial score (nSPS) is 13.7. The summed E-state index contributed by atoms with van der Waals surface area (Å²) >= 11 is 6.04. The number of carbonyl (C=O) groups excluding carboxylic acids is 1. The summed E-state index contributed by atoms with van der Waals surface area (Å²) in [5, 5.41) is 5.39. The van der Waals surface area contributed by atoms with Crippen molar-refractivity contribution in [2.75, 3.05) is 5.32 Å². The van der Waals surface area contributed by atoms with E-state index in [2.05, 4.69) is 16.4 Å². The Hall–Kier alpha value is -2.85. The molecule has 134 valence electrons. The zero-order chi connectivity index (χ0) is 18.4. The second kappa shape index (κ2) is 6.39. The lowest BCUT2D eigenvalue weighted by Crippen LogP contribution is -2.14. The number of halogens is 1. The van der Waals surface area contributed by atoms with Gasteiger partial charge in [0, 0.05) is 21.5 Å². The molecular weight excluding hydrogens is 360 g/mol. The minimum Gasteiger partial charge on any atom is -0.433 e. The van der Waals surface area contributed by atoms with Crippen LogP contribution in [0.3, 0.4) is 0 Å². The summed E-state index contributed by atoms with van der Waals surface area (Å²) in [6, 6.07) is 15.3. The second-order valence-corrected chi connectivity index (χ2v) is 7.37. The Bertz CT molecular complexity index is 1200. The highest BCUT2D eigenvalue weighted by Gasteiger charge is 2.18. The van der Waals surface area contributed by atoms with Gasteiger partial charge in [0.15, 0.2) is 5.76 Å². The molecule has 0 unspecified atom stereocenters. The first-order valence-corrected chi connectivity index (χ1v) is 9.47. The van der Waals surface area contributed by atoms with Crippen LogP contribution < -0.4 is 5.32 Å². The van der Waals surface area contributed by atoms with E-state index in [1.165, 1.54) is 17.5 Å². The number of benzene rings is 2. The summed E-state index contributed by atoms with van der Waals surface area (Å²) in [5.41, 5.74) is 4.63. The Kier molecular flexibility index (Phi) is 3.87. The number of nitrogens with zero attached hydrogens (tertiary/aromatic N) is 1. The number of pyridine rings is 1. The van der Waals surface area contributed by atoms with Gasteiger partial charge in [0.05, 0.1) is 5.52 Å². The minimum atomic E-state index is -0.255. The van der Waals surface area contributed by atoms with Crippen molar-refractivity contribution in [3.8, 4) is 0 Å². The largest absolute Gasteiger partial charge is 0.433 e. The number of rotatable bonds is 2. The maximum atomic E-state index is 12.8. The minimum absolute atomic E-state index is 0.255. The smallest absolute Gasteiger partial charge is 0.291 e. The van der Waals surface area contributed by atoms with Crippen molar-refractivity contribution in [3.05, 3.63) is 70.4 Å². The number of aryl methyl sites for hydroxylation is 1. The van der Waals surface area contributed by atoms with Gasteiger partial charge in [-0.25, -0.2) is 4.98 Å². The standard InChI is InChI=1S/C22H17ClN2O2/c23-16-9-8-14-10-15-11-20(27-22(15)25-19(14)12-16)21(26)24-18-7-3-5-13-4-1-2-6-17(13)18/h3,5,7-12H,1-2,4,6H2,(H,24,26). The first kappa shape index (κ1) is 16.3. The third-order valence-corrected chi connectivity index (χ3v) is 5.37. The fourth-order valence-corrected chi connectivity index (χ4v) is 3.96. The van der Waals surface area contributed by atoms with Crippen LogP contribution in [0.15, 0.2) is 52.9 Å². The predicted octanol–water partition coefficient (Wildman–Crippen LogP) is 5.77. The molecule has 0 saturated carbocycles. The highest BCUT2D eigenvalue weighted by atomic mass is 35.5. The van der Waals surface area contributed by atoms with Crippen LogP contribution in [0.25, 0.3) is 22.0 Å². The number of nitrogens with one attached hydrogen (secondary N) is 1. The van der Waals surface area contributed by atoms with Crippen molar-refractivity contribution in [3.63, 3.8) is 0 Å². The number of hydrogen-bond donors (Lipinski definition) is 1. The number of fused-ring (bicyclic) bond motifs is 3. The first-order chi connectivity index (χ1) is 13.2. The van der Waals surface area contributed by atoms with E-state index in [0.29, 0.717) is 10.7 Å². The van der Waals surface area contributed by atoms with Crippen LogP contribution >= 0.6 is 11.6 Å². The summed E-state index contributed by atoms with van der Waals surface area (Å²) in [6.07, 6.45) is 4.43. The van der Waals surface area contributed by atoms with Crippen LogP contribution in [0, 0.1) is 0 Å². The van der Waals surface area contributed by atoms with Crippen LogP contribution in [0.2, 0.25) is 5.02 Å². The molecule has 27 heavy (non-hydrogen) atoms. The van der Waals surface area contributed by atoms with Gasteiger partial charge >= 0.3 is 0 Å². The number of furan rings is 1. The van der Waals surface area contributed by atoms with Crippen LogP contribution in [-0.2, 0) is 12.8 Å². The van der Waals surface area contributed by atoms with Crippen LogP contribution in [0.5, 0.6) is 0 Å². The Labute approximate surface area is 161 Å². The molecule has 5 heteroatoms. The summed E-state index contributed by atoms with van der Waals surface area (Å²) in [7, 11) is 0. The molecule has 2 heterocycles. The molecular formula is C22H17ClN2O2. The van der Waals surface area contributed by atoms with Crippen LogP contribution in [0.4, 0.5) is 5.69 Å². The van der Waals surface area contributed by atoms with Crippen molar-refractivity contribution < 1.29 is 9.21 Å². The van der Waals surface area contributed by atoms with E-state index in [0.717, 1.165) is 41.2 Å². The fourth-order valence-electron chi connectivity index (χ4n) is 3.79. The zero-order valence-corrected chi connectivity index (χ0v) is 15.3. The van der Waals surface area contributed by atoms with Gasteiger partial charge in [-0.2, -0.15) is 0 Å². The monoisotopic (exact) mass is 376 g/mol. The summed E-state index contributed by atoms with van der Waals surface area (Å²) in [6.45, 7) is 0. The lowest BCUT2D eigenvalue weighted by Gasteiger charge is -2.19. The predicted molar refractivity (Wildman–Crippen MR) is 108 cm³/mol. The number of aromatic nitrogens is 1. The average Bonchev–Trinajstić information content (AvgIpc) is 3.09. The maximum Gasteiger partial charge on any atom is 0.291 e. The molecule has 2 aromatic heterocycles. The quantitative estimate of drug-likeness (QED) is 0.483. The van der Waals surface area contributed by atoms with Gasteiger partial charge in [-0.1, -0.05) is 29.8 Å². The van der Waals surface area contributed by atoms with E-state index in [9.17, 15) is 4.79 Å². The van der Waals surface area contributed by atoms with E-state index in [-0.39, 0.29) is 11.7 Å². The van der Waals surface area contributed by atoms with Crippen molar-refractivity contribution in [2.45, 2.75) is 25.7 Å². The lowest BCUT2D eigenvalue weighted by molar-refractivity contribution is 0.0998. The molecule has 0 aliphatic heterocycles. The molecule has 0 radical (unpaired) electrons. The van der Waals surface area contributed by atoms with Crippen LogP contribution in [0.1, 0.15) is 34.5 Å². The molecule has 1 aliphatic carbocycles. The van der Waals surface area contributed by atoms with E-state index in [1.807, 2.05) is 30.3 Å². The molecule has 0 saturated heterocycles. The molecule has 4 aromatic rings. The van der Waals surface area contributed by atoms with Crippen molar-refractivity contribution in [1.82, 2.24) is 4.98 Å². The average molecular weight is 377 g/mol. The topological polar surface area (TPSA) is 55.1 Å². The molecule has 2 aromatic carbocycles. The first-order valence-electron chi connectivity index (χ1n) is 9.09. The van der Waals surface area contributed by atoms with E-state index >= 15 is 0 Å². The highest BCUT2D eigenvalue weighted by Crippen LogP contribution is 2.29. The molecule has 0 spiro atoms. The van der Waals surface area contributed by atoms with Gasteiger partial charge in [-0.3, -0.25) is 4.79 Å². The molecule has 0 fully saturated rings. The van der Waals surface area contributed by atoms with Crippen molar-refractivity contribution in [2.24, 2.45) is 0 Å². The Morgan fingerprint density at radius 2 is 1.93 bits per heavy atom. The lowest BCUT2D eigenvalue weighted by atomic mass is 9.90. The van der Waals surface area contributed by atoms with Gasteiger partial charge in [-0.05, 0) is 67.1 Å². The Morgan fingerprint density at radius 1 is 1.04 bits per heavy atom. The molecule has 0 bridgehead atoms. The number of hydrogen-bond acceptors (Lipinski definition) is 3. The Balaban J connectivity index is 1.50. The molecule has 5 rings (SSSR count). The molecule has 0 atom stereocenters. The molecule has 1 N–H and O–H groups in total. The van der Waals surface area contributed by atoms with Crippen LogP contribution in [-0.4, -0.2) is 10.9 Å². The number of anilines is 1. The molecule has 4 nitrogen and oxygen atoms in total. The fraction of sp³-hybridized carbons (Fsp3) is 0.182. The Morgan fingerprint density at radius 3 is 2.85 bits per heavy atom. The highest BCUT2D eigenvalue weighted by molar-refractivity contribution is 6.31. The van der Waals surface area contributed by atoms with Gasteiger partial charge in [-0.15, -0.1) is 0 Å². The third-order valence-electron chi connectivity index (χ3n) is 5.13. The summed E-state index contributed by atoms with van der Waals surface area (Å²) in [5.74, 6) is 0.00128. The van der Waals surface area contributed by atoms with Gasteiger partial charge in [0.2, 0.25) is 5.71 Å². The van der Waals surface area contributed by atoms with E-state index < -0.39 is 0 Å². The van der Waals surface area contributed by atoms with Gasteiger partial charge < -0.3 is 9.73 Å².